The summed E-state index contributed by atoms with van der Waals surface area (Å²) >= 11 is 1.47. The molecule has 0 unspecified atom stereocenters. The number of nitrogens with one attached hydrogen (secondary N) is 1. The summed E-state index contributed by atoms with van der Waals surface area (Å²) < 4.78 is 0. The van der Waals surface area contributed by atoms with Crippen molar-refractivity contribution in [2.24, 2.45) is 0 Å². The van der Waals surface area contributed by atoms with Crippen LogP contribution in [0.5, 0.6) is 0 Å². The molecule has 11 heavy (non-hydrogen) atoms. The van der Waals surface area contributed by atoms with Crippen molar-refractivity contribution in [3.05, 3.63) is 6.20 Å². The van der Waals surface area contributed by atoms with Crippen molar-refractivity contribution >= 4 is 23.3 Å². The third kappa shape index (κ3) is 1.74. The molecule has 0 saturated carbocycles. The predicted octanol–water partition coefficient (Wildman–Crippen LogP) is 0.822. The van der Waals surface area contributed by atoms with Gasteiger partial charge >= 0.3 is 0 Å². The van der Waals surface area contributed by atoms with Crippen LogP contribution < -0.4 is 11.1 Å². The molecule has 0 aliphatic carbocycles. The van der Waals surface area contributed by atoms with Gasteiger partial charge in [-0.1, -0.05) is 11.8 Å². The van der Waals surface area contributed by atoms with Gasteiger partial charge in [-0.2, -0.15) is 0 Å². The topological polar surface area (TPSA) is 63.8 Å². The fraction of sp³-hybridized carbons (Fsp3) is 0.333. The van der Waals surface area contributed by atoms with E-state index < -0.39 is 0 Å². The van der Waals surface area contributed by atoms with Gasteiger partial charge in [-0.25, -0.2) is 9.97 Å². The first-order chi connectivity index (χ1) is 5.27. The van der Waals surface area contributed by atoms with Crippen molar-refractivity contribution in [1.82, 2.24) is 9.97 Å². The normalized spacial score (nSPS) is 9.64. The second-order valence-electron chi connectivity index (χ2n) is 1.91. The Morgan fingerprint density at radius 3 is 2.82 bits per heavy atom. The molecule has 0 radical (unpaired) electrons. The SMILES string of the molecule is CNc1cnc(SC)nc1N. The van der Waals surface area contributed by atoms with Gasteiger partial charge in [0.05, 0.1) is 11.9 Å². The highest BCUT2D eigenvalue weighted by Gasteiger charge is 1.99. The lowest BCUT2D eigenvalue weighted by Crippen LogP contribution is -2.00. The molecule has 5 heteroatoms. The zero-order valence-corrected chi connectivity index (χ0v) is 7.27. The van der Waals surface area contributed by atoms with Crippen LogP contribution in [0.3, 0.4) is 0 Å². The molecule has 0 saturated heterocycles. The highest BCUT2D eigenvalue weighted by Crippen LogP contribution is 2.16. The number of anilines is 2. The predicted molar refractivity (Wildman–Crippen MR) is 47.8 cm³/mol. The minimum Gasteiger partial charge on any atom is -0.384 e. The van der Waals surface area contributed by atoms with Gasteiger partial charge in [-0.3, -0.25) is 0 Å². The first-order valence-corrected chi connectivity index (χ1v) is 4.34. The van der Waals surface area contributed by atoms with Gasteiger partial charge in [-0.15, -0.1) is 0 Å². The summed E-state index contributed by atoms with van der Waals surface area (Å²) in [5.74, 6) is 0.492. The van der Waals surface area contributed by atoms with E-state index in [1.165, 1.54) is 11.8 Å². The minimum atomic E-state index is 0.492. The summed E-state index contributed by atoms with van der Waals surface area (Å²) in [5, 5.41) is 3.58. The Morgan fingerprint density at radius 2 is 2.36 bits per heavy atom. The Morgan fingerprint density at radius 1 is 1.64 bits per heavy atom. The molecule has 0 atom stereocenters. The number of rotatable bonds is 2. The molecule has 1 heterocycles. The maximum atomic E-state index is 5.58. The Bertz CT molecular complexity index is 250. The van der Waals surface area contributed by atoms with E-state index in [0.29, 0.717) is 11.0 Å². The zero-order valence-electron chi connectivity index (χ0n) is 6.46. The first kappa shape index (κ1) is 8.13. The third-order valence-corrected chi connectivity index (χ3v) is 1.81. The third-order valence-electron chi connectivity index (χ3n) is 1.25. The number of thioether (sulfide) groups is 1. The van der Waals surface area contributed by atoms with Gasteiger partial charge in [0.2, 0.25) is 0 Å². The van der Waals surface area contributed by atoms with Crippen LogP contribution in [0.1, 0.15) is 0 Å². The van der Waals surface area contributed by atoms with E-state index in [4.69, 9.17) is 5.73 Å². The van der Waals surface area contributed by atoms with Gasteiger partial charge in [0.15, 0.2) is 11.0 Å². The number of nitrogen functional groups attached to an aromatic ring is 1. The summed E-state index contributed by atoms with van der Waals surface area (Å²) in [6.45, 7) is 0. The van der Waals surface area contributed by atoms with Crippen LogP contribution in [0.2, 0.25) is 0 Å². The second kappa shape index (κ2) is 3.43. The van der Waals surface area contributed by atoms with Crippen LogP contribution in [-0.2, 0) is 0 Å². The molecule has 0 aliphatic heterocycles. The van der Waals surface area contributed by atoms with Crippen LogP contribution in [-0.4, -0.2) is 23.3 Å². The van der Waals surface area contributed by atoms with E-state index in [1.54, 1.807) is 13.2 Å². The average molecular weight is 170 g/mol. The summed E-state index contributed by atoms with van der Waals surface area (Å²) in [4.78, 5) is 8.07. The molecule has 0 bridgehead atoms. The van der Waals surface area contributed by atoms with Gasteiger partial charge in [0.1, 0.15) is 0 Å². The smallest absolute Gasteiger partial charge is 0.189 e. The Balaban J connectivity index is 2.99. The average Bonchev–Trinajstić information content (AvgIpc) is 2.04. The molecule has 1 rings (SSSR count). The lowest BCUT2D eigenvalue weighted by molar-refractivity contribution is 0.980. The van der Waals surface area contributed by atoms with Crippen molar-refractivity contribution in [3.8, 4) is 0 Å². The number of nitrogens with zero attached hydrogens (tertiary/aromatic N) is 2. The van der Waals surface area contributed by atoms with Crippen molar-refractivity contribution < 1.29 is 0 Å². The molecule has 60 valence electrons. The Labute approximate surface area is 69.6 Å². The number of hydrogen-bond acceptors (Lipinski definition) is 5. The van der Waals surface area contributed by atoms with Crippen LogP contribution in [0.15, 0.2) is 11.4 Å². The molecular formula is C6H10N4S. The molecule has 0 fully saturated rings. The number of hydrogen-bond donors (Lipinski definition) is 2. The van der Waals surface area contributed by atoms with Gasteiger partial charge in [-0.05, 0) is 6.26 Å². The minimum absolute atomic E-state index is 0.492. The van der Waals surface area contributed by atoms with Crippen LogP contribution in [0.4, 0.5) is 11.5 Å². The fourth-order valence-corrected chi connectivity index (χ4v) is 1.02. The van der Waals surface area contributed by atoms with Crippen LogP contribution >= 0.6 is 11.8 Å². The first-order valence-electron chi connectivity index (χ1n) is 3.12. The Kier molecular flexibility index (Phi) is 2.53. The van der Waals surface area contributed by atoms with E-state index in [-0.39, 0.29) is 0 Å². The number of aromatic nitrogens is 2. The summed E-state index contributed by atoms with van der Waals surface area (Å²) in [6.07, 6.45) is 3.59. The van der Waals surface area contributed by atoms with Crippen molar-refractivity contribution in [3.63, 3.8) is 0 Å². The molecule has 4 nitrogen and oxygen atoms in total. The van der Waals surface area contributed by atoms with E-state index >= 15 is 0 Å². The monoisotopic (exact) mass is 170 g/mol. The van der Waals surface area contributed by atoms with Gasteiger partial charge in [0, 0.05) is 7.05 Å². The molecule has 0 spiro atoms. The zero-order chi connectivity index (χ0) is 8.27. The standard InChI is InChI=1S/C6H10N4S/c1-8-4-3-9-6(11-2)10-5(4)7/h3,8H,1-2H3,(H2,7,9,10). The quantitative estimate of drug-likeness (QED) is 0.508. The molecule has 1 aromatic heterocycles. The highest BCUT2D eigenvalue weighted by atomic mass is 32.2. The van der Waals surface area contributed by atoms with E-state index in [9.17, 15) is 0 Å². The van der Waals surface area contributed by atoms with Gasteiger partial charge < -0.3 is 11.1 Å². The van der Waals surface area contributed by atoms with Crippen LogP contribution in [0, 0.1) is 0 Å². The molecule has 0 amide bonds. The lowest BCUT2D eigenvalue weighted by atomic mass is 10.5. The van der Waals surface area contributed by atoms with E-state index in [2.05, 4.69) is 15.3 Å². The van der Waals surface area contributed by atoms with Crippen molar-refractivity contribution in [2.45, 2.75) is 5.16 Å². The van der Waals surface area contributed by atoms with Crippen molar-refractivity contribution in [2.75, 3.05) is 24.4 Å². The maximum Gasteiger partial charge on any atom is 0.189 e. The molecule has 0 aliphatic rings. The van der Waals surface area contributed by atoms with E-state index in [1.807, 2.05) is 6.26 Å². The Hall–Kier alpha value is -0.970. The summed E-state index contributed by atoms with van der Waals surface area (Å²) in [7, 11) is 1.79. The molecule has 1 aromatic rings. The highest BCUT2D eigenvalue weighted by molar-refractivity contribution is 7.98. The fourth-order valence-electron chi connectivity index (χ4n) is 0.669. The van der Waals surface area contributed by atoms with Crippen molar-refractivity contribution in [1.29, 1.82) is 0 Å². The number of nitrogens with two attached hydrogens (primary N) is 1. The maximum absolute atomic E-state index is 5.58. The molecule has 0 aromatic carbocycles. The van der Waals surface area contributed by atoms with Gasteiger partial charge in [0.25, 0.3) is 0 Å². The summed E-state index contributed by atoms with van der Waals surface area (Å²) in [5.41, 5.74) is 6.35. The van der Waals surface area contributed by atoms with E-state index in [0.717, 1.165) is 5.69 Å². The largest absolute Gasteiger partial charge is 0.384 e. The lowest BCUT2D eigenvalue weighted by Gasteiger charge is -2.02. The summed E-state index contributed by atoms with van der Waals surface area (Å²) in [6, 6.07) is 0. The van der Waals surface area contributed by atoms with Crippen LogP contribution in [0.25, 0.3) is 0 Å². The second-order valence-corrected chi connectivity index (χ2v) is 2.68. The molecule has 3 N–H and O–H groups in total. The molecular weight excluding hydrogens is 160 g/mol.